The second-order valence-corrected chi connectivity index (χ2v) is 7.52. The standard InChI is InChI=1S/C19H37N.CH5N.ClH/c1-2-3-4-5-6-7-8-9-10-11-12-19-13-16-20(17-14-19)18-15-19;1-2;/h2-18H2,1H3;2H2,1H3;1H. The third kappa shape index (κ3) is 9.31. The van der Waals surface area contributed by atoms with E-state index in [2.05, 4.69) is 17.6 Å². The Morgan fingerprint density at radius 1 is 0.696 bits per heavy atom. The van der Waals surface area contributed by atoms with Crippen molar-refractivity contribution in [3.63, 3.8) is 0 Å². The molecule has 3 saturated heterocycles. The largest absolute Gasteiger partial charge is 1.00 e. The Bertz CT molecular complexity index is 236. The van der Waals surface area contributed by atoms with Crippen LogP contribution in [0.5, 0.6) is 0 Å². The Labute approximate surface area is 152 Å². The molecule has 2 bridgehead atoms. The minimum absolute atomic E-state index is 0. The fourth-order valence-corrected chi connectivity index (χ4v) is 4.26. The van der Waals surface area contributed by atoms with Crippen LogP contribution in [0.3, 0.4) is 0 Å². The fourth-order valence-electron chi connectivity index (χ4n) is 4.26. The summed E-state index contributed by atoms with van der Waals surface area (Å²) in [5, 5.41) is 0. The van der Waals surface area contributed by atoms with Gasteiger partial charge in [-0.1, -0.05) is 71.1 Å². The molecule has 0 aliphatic carbocycles. The van der Waals surface area contributed by atoms with Gasteiger partial charge < -0.3 is 23.0 Å². The quantitative estimate of drug-likeness (QED) is 0.566. The first-order valence-corrected chi connectivity index (χ1v) is 10.3. The molecule has 2 nitrogen and oxygen atoms in total. The van der Waals surface area contributed by atoms with Gasteiger partial charge in [0.2, 0.25) is 0 Å². The van der Waals surface area contributed by atoms with Crippen molar-refractivity contribution in [3.05, 3.63) is 0 Å². The molecule has 0 saturated carbocycles. The molecule has 23 heavy (non-hydrogen) atoms. The van der Waals surface area contributed by atoms with Crippen LogP contribution in [0, 0.1) is 5.41 Å². The SMILES string of the molecule is CCCCCCCCCCCCC12CCN(CC1)CC2.C[NH3+].[Cl-]. The van der Waals surface area contributed by atoms with Crippen LogP contribution in [-0.2, 0) is 0 Å². The summed E-state index contributed by atoms with van der Waals surface area (Å²) in [6, 6.07) is 0. The van der Waals surface area contributed by atoms with Gasteiger partial charge in [-0.2, -0.15) is 0 Å². The van der Waals surface area contributed by atoms with Crippen LogP contribution in [0.15, 0.2) is 0 Å². The average molecular weight is 347 g/mol. The first kappa shape index (κ1) is 23.2. The van der Waals surface area contributed by atoms with Gasteiger partial charge in [-0.15, -0.1) is 0 Å². The molecule has 3 aliphatic heterocycles. The Hall–Kier alpha value is 0.210. The first-order valence-electron chi connectivity index (χ1n) is 10.3. The number of halogens is 1. The third-order valence-electron chi connectivity index (χ3n) is 5.94. The predicted octanol–water partition coefficient (Wildman–Crippen LogP) is 1.65. The minimum Gasteiger partial charge on any atom is -1.00 e. The van der Waals surface area contributed by atoms with Crippen LogP contribution >= 0.6 is 0 Å². The molecule has 0 atom stereocenters. The third-order valence-corrected chi connectivity index (χ3v) is 5.94. The van der Waals surface area contributed by atoms with Gasteiger partial charge in [0.1, 0.15) is 0 Å². The van der Waals surface area contributed by atoms with Gasteiger partial charge in [0, 0.05) is 0 Å². The van der Waals surface area contributed by atoms with Crippen molar-refractivity contribution in [2.75, 3.05) is 26.7 Å². The maximum Gasteiger partial charge on any atom is 0.0634 e. The van der Waals surface area contributed by atoms with Crippen molar-refractivity contribution in [1.82, 2.24) is 4.90 Å². The van der Waals surface area contributed by atoms with Gasteiger partial charge in [0.15, 0.2) is 0 Å². The average Bonchev–Trinajstić information content (AvgIpc) is 2.60. The summed E-state index contributed by atoms with van der Waals surface area (Å²) in [5.41, 5.74) is 4.04. The van der Waals surface area contributed by atoms with E-state index in [1.54, 1.807) is 7.05 Å². The Morgan fingerprint density at radius 3 is 1.52 bits per heavy atom. The van der Waals surface area contributed by atoms with Crippen LogP contribution < -0.4 is 18.1 Å². The van der Waals surface area contributed by atoms with E-state index in [9.17, 15) is 0 Å². The number of rotatable bonds is 11. The highest BCUT2D eigenvalue weighted by atomic mass is 35.5. The van der Waals surface area contributed by atoms with Crippen molar-refractivity contribution in [1.29, 1.82) is 0 Å². The van der Waals surface area contributed by atoms with E-state index >= 15 is 0 Å². The number of unbranched alkanes of at least 4 members (excludes halogenated alkanes) is 9. The maximum absolute atomic E-state index is 3.25. The number of hydrogen-bond donors (Lipinski definition) is 1. The van der Waals surface area contributed by atoms with E-state index in [1.807, 2.05) is 0 Å². The lowest BCUT2D eigenvalue weighted by Gasteiger charge is -2.48. The highest BCUT2D eigenvalue weighted by molar-refractivity contribution is 4.91. The Morgan fingerprint density at radius 2 is 1.09 bits per heavy atom. The zero-order valence-corrected chi connectivity index (χ0v) is 16.8. The smallest absolute Gasteiger partial charge is 0.0634 e. The molecule has 0 unspecified atom stereocenters. The molecule has 0 aromatic rings. The van der Waals surface area contributed by atoms with E-state index in [1.165, 1.54) is 110 Å². The summed E-state index contributed by atoms with van der Waals surface area (Å²) >= 11 is 0. The summed E-state index contributed by atoms with van der Waals surface area (Å²) in [7, 11) is 1.75. The summed E-state index contributed by atoms with van der Waals surface area (Å²) in [5.74, 6) is 0. The number of hydrogen-bond acceptors (Lipinski definition) is 1. The zero-order chi connectivity index (χ0) is 16.1. The second-order valence-electron chi connectivity index (χ2n) is 7.52. The van der Waals surface area contributed by atoms with E-state index in [0.29, 0.717) is 0 Å². The van der Waals surface area contributed by atoms with Crippen molar-refractivity contribution in [2.45, 2.75) is 96.8 Å². The molecule has 0 aromatic carbocycles. The van der Waals surface area contributed by atoms with E-state index in [4.69, 9.17) is 0 Å². The zero-order valence-electron chi connectivity index (χ0n) is 16.1. The molecule has 3 rings (SSSR count). The molecule has 0 amide bonds. The van der Waals surface area contributed by atoms with Crippen molar-refractivity contribution in [3.8, 4) is 0 Å². The summed E-state index contributed by atoms with van der Waals surface area (Å²) in [6.45, 7) is 6.50. The van der Waals surface area contributed by atoms with Gasteiger partial charge in [-0.25, -0.2) is 0 Å². The topological polar surface area (TPSA) is 30.9 Å². The molecule has 140 valence electrons. The summed E-state index contributed by atoms with van der Waals surface area (Å²) in [6.07, 6.45) is 20.8. The molecule has 3 aliphatic rings. The van der Waals surface area contributed by atoms with Crippen LogP contribution in [0.25, 0.3) is 0 Å². The fraction of sp³-hybridized carbons (Fsp3) is 1.00. The number of piperidine rings is 3. The second kappa shape index (κ2) is 14.5. The molecule has 0 aromatic heterocycles. The van der Waals surface area contributed by atoms with Gasteiger partial charge in [0.25, 0.3) is 0 Å². The van der Waals surface area contributed by atoms with Crippen molar-refractivity contribution < 1.29 is 18.1 Å². The van der Waals surface area contributed by atoms with Crippen molar-refractivity contribution >= 4 is 0 Å². The predicted molar refractivity (Wildman–Crippen MR) is 98.0 cm³/mol. The van der Waals surface area contributed by atoms with Gasteiger partial charge in [-0.05, 0) is 50.7 Å². The molecule has 0 radical (unpaired) electrons. The van der Waals surface area contributed by atoms with E-state index in [-0.39, 0.29) is 12.4 Å². The molecular weight excluding hydrogens is 304 g/mol. The van der Waals surface area contributed by atoms with Crippen LogP contribution in [0.4, 0.5) is 0 Å². The van der Waals surface area contributed by atoms with E-state index < -0.39 is 0 Å². The highest BCUT2D eigenvalue weighted by Crippen LogP contribution is 2.43. The maximum atomic E-state index is 3.25. The molecule has 3 heteroatoms. The lowest BCUT2D eigenvalue weighted by atomic mass is 9.69. The Kier molecular flexibility index (Phi) is 14.7. The number of fused-ring (bicyclic) bond motifs is 3. The van der Waals surface area contributed by atoms with Crippen LogP contribution in [-0.4, -0.2) is 31.6 Å². The molecule has 3 N–H and O–H groups in total. The summed E-state index contributed by atoms with van der Waals surface area (Å²) in [4.78, 5) is 2.67. The highest BCUT2D eigenvalue weighted by Gasteiger charge is 2.38. The van der Waals surface area contributed by atoms with Gasteiger partial charge in [-0.3, -0.25) is 0 Å². The van der Waals surface area contributed by atoms with Gasteiger partial charge >= 0.3 is 0 Å². The van der Waals surface area contributed by atoms with Gasteiger partial charge in [0.05, 0.1) is 7.05 Å². The molecular formula is C20H43ClN2. The van der Waals surface area contributed by atoms with E-state index in [0.717, 1.165) is 5.41 Å². The molecule has 0 spiro atoms. The molecule has 3 heterocycles. The van der Waals surface area contributed by atoms with Crippen LogP contribution in [0.1, 0.15) is 96.8 Å². The number of quaternary nitrogens is 1. The first-order chi connectivity index (χ1) is 10.8. The van der Waals surface area contributed by atoms with Crippen molar-refractivity contribution in [2.24, 2.45) is 5.41 Å². The lowest BCUT2D eigenvalue weighted by Crippen LogP contribution is -3.00. The summed E-state index contributed by atoms with van der Waals surface area (Å²) < 4.78 is 0. The van der Waals surface area contributed by atoms with Crippen LogP contribution in [0.2, 0.25) is 0 Å². The minimum atomic E-state index is 0. The normalized spacial score (nSPS) is 25.4. The lowest BCUT2D eigenvalue weighted by molar-refractivity contribution is -0.325. The Balaban J connectivity index is 0.00000155. The monoisotopic (exact) mass is 346 g/mol. The number of nitrogens with zero attached hydrogens (tertiary/aromatic N) is 1. The molecule has 3 fully saturated rings.